The van der Waals surface area contributed by atoms with Gasteiger partial charge in [-0.25, -0.2) is 0 Å². The molecule has 0 amide bonds. The van der Waals surface area contributed by atoms with Crippen molar-refractivity contribution in [3.05, 3.63) is 76.9 Å². The molecule has 30 heavy (non-hydrogen) atoms. The Hall–Kier alpha value is -3.60. The SMILES string of the molecule is COc1cc(/C=C/c2ccc(O)cc2)c(C(C)c2ccc(O)c(OC)c2)c(OC)c1. The number of hydrogen-bond acceptors (Lipinski definition) is 5. The monoisotopic (exact) mass is 406 g/mol. The lowest BCUT2D eigenvalue weighted by Gasteiger charge is -2.21. The van der Waals surface area contributed by atoms with Gasteiger partial charge in [0.25, 0.3) is 0 Å². The molecule has 5 nitrogen and oxygen atoms in total. The molecule has 1 unspecified atom stereocenters. The van der Waals surface area contributed by atoms with Gasteiger partial charge < -0.3 is 24.4 Å². The second kappa shape index (κ2) is 9.27. The van der Waals surface area contributed by atoms with E-state index in [2.05, 4.69) is 6.92 Å². The van der Waals surface area contributed by atoms with Crippen LogP contribution in [0.1, 0.15) is 35.1 Å². The van der Waals surface area contributed by atoms with Crippen molar-refractivity contribution in [2.24, 2.45) is 0 Å². The van der Waals surface area contributed by atoms with Gasteiger partial charge >= 0.3 is 0 Å². The summed E-state index contributed by atoms with van der Waals surface area (Å²) in [5.41, 5.74) is 3.87. The second-order valence-corrected chi connectivity index (χ2v) is 6.91. The van der Waals surface area contributed by atoms with Gasteiger partial charge in [-0.3, -0.25) is 0 Å². The summed E-state index contributed by atoms with van der Waals surface area (Å²) in [5, 5.41) is 19.4. The second-order valence-electron chi connectivity index (χ2n) is 6.91. The van der Waals surface area contributed by atoms with Gasteiger partial charge in [0.05, 0.1) is 21.3 Å². The van der Waals surface area contributed by atoms with Crippen LogP contribution in [0.3, 0.4) is 0 Å². The first-order chi connectivity index (χ1) is 14.5. The molecule has 0 saturated carbocycles. The topological polar surface area (TPSA) is 68.2 Å². The van der Waals surface area contributed by atoms with Crippen LogP contribution in [-0.2, 0) is 0 Å². The summed E-state index contributed by atoms with van der Waals surface area (Å²) in [4.78, 5) is 0. The van der Waals surface area contributed by atoms with Gasteiger partial charge in [-0.15, -0.1) is 0 Å². The lowest BCUT2D eigenvalue weighted by Crippen LogP contribution is -2.04. The number of hydrogen-bond donors (Lipinski definition) is 2. The summed E-state index contributed by atoms with van der Waals surface area (Å²) in [5.74, 6) is 2.11. The van der Waals surface area contributed by atoms with Crippen molar-refractivity contribution < 1.29 is 24.4 Å². The number of benzene rings is 3. The van der Waals surface area contributed by atoms with Crippen LogP contribution in [0.15, 0.2) is 54.6 Å². The molecular weight excluding hydrogens is 380 g/mol. The Balaban J connectivity index is 2.10. The first kappa shape index (κ1) is 21.1. The van der Waals surface area contributed by atoms with Crippen molar-refractivity contribution >= 4 is 12.2 Å². The number of ether oxygens (including phenoxy) is 3. The van der Waals surface area contributed by atoms with Gasteiger partial charge in [-0.1, -0.05) is 37.3 Å². The Morgan fingerprint density at radius 2 is 1.47 bits per heavy atom. The predicted octanol–water partition coefficient (Wildman–Crippen LogP) is 5.45. The summed E-state index contributed by atoms with van der Waals surface area (Å²) >= 11 is 0. The summed E-state index contributed by atoms with van der Waals surface area (Å²) in [6, 6.07) is 16.2. The average molecular weight is 406 g/mol. The molecule has 2 N–H and O–H groups in total. The quantitative estimate of drug-likeness (QED) is 0.511. The van der Waals surface area contributed by atoms with Crippen LogP contribution in [0.2, 0.25) is 0 Å². The van der Waals surface area contributed by atoms with Crippen molar-refractivity contribution in [2.75, 3.05) is 21.3 Å². The third-order valence-electron chi connectivity index (χ3n) is 5.09. The smallest absolute Gasteiger partial charge is 0.160 e. The molecule has 0 aliphatic heterocycles. The largest absolute Gasteiger partial charge is 0.508 e. The van der Waals surface area contributed by atoms with Crippen LogP contribution in [0, 0.1) is 0 Å². The van der Waals surface area contributed by atoms with Crippen LogP contribution < -0.4 is 14.2 Å². The van der Waals surface area contributed by atoms with E-state index < -0.39 is 0 Å². The molecule has 0 aliphatic carbocycles. The van der Waals surface area contributed by atoms with E-state index in [9.17, 15) is 10.2 Å². The van der Waals surface area contributed by atoms with E-state index in [4.69, 9.17) is 14.2 Å². The van der Waals surface area contributed by atoms with E-state index in [1.165, 1.54) is 7.11 Å². The maximum Gasteiger partial charge on any atom is 0.160 e. The van der Waals surface area contributed by atoms with E-state index in [1.54, 1.807) is 32.4 Å². The van der Waals surface area contributed by atoms with Crippen LogP contribution in [0.5, 0.6) is 28.7 Å². The minimum absolute atomic E-state index is 0.0418. The standard InChI is InChI=1S/C25H26O5/c1-16(18-9-12-22(27)23(14-18)29-3)25-19(13-21(28-2)15-24(25)30-4)8-5-17-6-10-20(26)11-7-17/h5-16,26-27H,1-4H3/b8-5+. The van der Waals surface area contributed by atoms with Gasteiger partial charge in [0.1, 0.15) is 17.2 Å². The average Bonchev–Trinajstić information content (AvgIpc) is 2.77. The molecule has 0 aliphatic rings. The van der Waals surface area contributed by atoms with Gasteiger partial charge in [0.15, 0.2) is 11.5 Å². The third kappa shape index (κ3) is 4.51. The molecule has 1 atom stereocenters. The van der Waals surface area contributed by atoms with Crippen LogP contribution >= 0.6 is 0 Å². The number of methoxy groups -OCH3 is 3. The van der Waals surface area contributed by atoms with Crippen molar-refractivity contribution in [1.29, 1.82) is 0 Å². The lowest BCUT2D eigenvalue weighted by atomic mass is 9.88. The molecule has 0 radical (unpaired) electrons. The number of aromatic hydroxyl groups is 2. The predicted molar refractivity (Wildman–Crippen MR) is 119 cm³/mol. The van der Waals surface area contributed by atoms with Gasteiger partial charge in [0.2, 0.25) is 0 Å². The molecule has 3 aromatic rings. The molecule has 0 saturated heterocycles. The fourth-order valence-corrected chi connectivity index (χ4v) is 3.41. The molecule has 0 aromatic heterocycles. The molecule has 0 bridgehead atoms. The number of phenolic OH excluding ortho intramolecular Hbond substituents is 2. The van der Waals surface area contributed by atoms with Crippen molar-refractivity contribution in [2.45, 2.75) is 12.8 Å². The van der Waals surface area contributed by atoms with Crippen LogP contribution in [-0.4, -0.2) is 31.5 Å². The number of rotatable bonds is 7. The summed E-state index contributed by atoms with van der Waals surface area (Å²) in [6.07, 6.45) is 3.97. The van der Waals surface area contributed by atoms with E-state index in [-0.39, 0.29) is 17.4 Å². The Morgan fingerprint density at radius 3 is 2.10 bits per heavy atom. The molecule has 156 valence electrons. The van der Waals surface area contributed by atoms with Crippen LogP contribution in [0.4, 0.5) is 0 Å². The summed E-state index contributed by atoms with van der Waals surface area (Å²) in [7, 11) is 4.79. The summed E-state index contributed by atoms with van der Waals surface area (Å²) < 4.78 is 16.4. The Labute approximate surface area is 176 Å². The van der Waals surface area contributed by atoms with Gasteiger partial charge in [-0.2, -0.15) is 0 Å². The van der Waals surface area contributed by atoms with E-state index in [0.29, 0.717) is 17.2 Å². The zero-order chi connectivity index (χ0) is 21.7. The van der Waals surface area contributed by atoms with Crippen molar-refractivity contribution in [3.8, 4) is 28.7 Å². The van der Waals surface area contributed by atoms with Crippen LogP contribution in [0.25, 0.3) is 12.2 Å². The van der Waals surface area contributed by atoms with E-state index >= 15 is 0 Å². The maximum absolute atomic E-state index is 9.95. The fraction of sp³-hybridized carbons (Fsp3) is 0.200. The third-order valence-corrected chi connectivity index (χ3v) is 5.09. The molecule has 0 heterocycles. The number of phenols is 2. The zero-order valence-electron chi connectivity index (χ0n) is 17.5. The van der Waals surface area contributed by atoms with Crippen molar-refractivity contribution in [1.82, 2.24) is 0 Å². The van der Waals surface area contributed by atoms with Crippen molar-refractivity contribution in [3.63, 3.8) is 0 Å². The first-order valence-electron chi connectivity index (χ1n) is 9.56. The minimum Gasteiger partial charge on any atom is -0.508 e. The highest BCUT2D eigenvalue weighted by molar-refractivity contribution is 5.74. The molecule has 3 aromatic carbocycles. The highest BCUT2D eigenvalue weighted by atomic mass is 16.5. The molecule has 0 fully saturated rings. The fourth-order valence-electron chi connectivity index (χ4n) is 3.41. The summed E-state index contributed by atoms with van der Waals surface area (Å²) in [6.45, 7) is 2.08. The molecule has 3 rings (SSSR count). The minimum atomic E-state index is -0.0418. The molecular formula is C25H26O5. The normalized spacial score (nSPS) is 12.0. The first-order valence-corrected chi connectivity index (χ1v) is 9.56. The molecule has 5 heteroatoms. The highest BCUT2D eigenvalue weighted by Gasteiger charge is 2.20. The Bertz CT molecular complexity index is 1040. The lowest BCUT2D eigenvalue weighted by molar-refractivity contribution is 0.372. The van der Waals surface area contributed by atoms with E-state index in [1.807, 2.05) is 48.6 Å². The Morgan fingerprint density at radius 1 is 0.767 bits per heavy atom. The zero-order valence-corrected chi connectivity index (χ0v) is 17.5. The van der Waals surface area contributed by atoms with E-state index in [0.717, 1.165) is 22.3 Å². The highest BCUT2D eigenvalue weighted by Crippen LogP contribution is 2.40. The molecule has 0 spiro atoms. The van der Waals surface area contributed by atoms with Gasteiger partial charge in [0, 0.05) is 17.5 Å². The Kier molecular flexibility index (Phi) is 6.52. The maximum atomic E-state index is 9.95. The van der Waals surface area contributed by atoms with Gasteiger partial charge in [-0.05, 0) is 47.0 Å².